The molecule has 0 aliphatic rings. The molecule has 0 fully saturated rings. The summed E-state index contributed by atoms with van der Waals surface area (Å²) >= 11 is 0. The molecule has 2 aromatic rings. The van der Waals surface area contributed by atoms with E-state index in [-0.39, 0.29) is 11.8 Å². The second kappa shape index (κ2) is 7.00. The van der Waals surface area contributed by atoms with Crippen LogP contribution in [0, 0.1) is 12.3 Å². The van der Waals surface area contributed by atoms with Gasteiger partial charge in [-0.2, -0.15) is 26.3 Å². The van der Waals surface area contributed by atoms with Gasteiger partial charge in [-0.15, -0.1) is 6.42 Å². The van der Waals surface area contributed by atoms with Gasteiger partial charge in [0.05, 0.1) is 11.1 Å². The van der Waals surface area contributed by atoms with E-state index in [1.165, 1.54) is 24.3 Å². The van der Waals surface area contributed by atoms with Crippen LogP contribution in [-0.2, 0) is 12.4 Å². The molecule has 2 amide bonds. The number of rotatable bonds is 2. The van der Waals surface area contributed by atoms with Gasteiger partial charge in [0, 0.05) is 16.9 Å². The van der Waals surface area contributed by atoms with Crippen LogP contribution in [0.15, 0.2) is 42.5 Å². The smallest absolute Gasteiger partial charge is 0.308 e. The Bertz CT molecular complexity index is 815. The molecule has 0 atom stereocenters. The van der Waals surface area contributed by atoms with Crippen LogP contribution in [-0.4, -0.2) is 6.03 Å². The third kappa shape index (κ3) is 4.92. The number of urea groups is 1. The summed E-state index contributed by atoms with van der Waals surface area (Å²) in [5.74, 6) is 2.35. The summed E-state index contributed by atoms with van der Waals surface area (Å²) in [6, 6.07) is 5.66. The third-order valence-corrected chi connectivity index (χ3v) is 3.15. The molecule has 0 aromatic heterocycles. The highest BCUT2D eigenvalue weighted by Gasteiger charge is 2.37. The lowest BCUT2D eigenvalue weighted by Crippen LogP contribution is -2.20. The first-order chi connectivity index (χ1) is 12.0. The maximum absolute atomic E-state index is 12.8. The lowest BCUT2D eigenvalue weighted by Gasteiger charge is -2.15. The number of terminal acetylenes is 1. The SMILES string of the molecule is C#Cc1ccc(NC(=O)Nc2cc(C(F)(F)F)cc(C(F)(F)F)c2)cc1. The van der Waals surface area contributed by atoms with Gasteiger partial charge in [0.25, 0.3) is 0 Å². The van der Waals surface area contributed by atoms with E-state index in [9.17, 15) is 31.1 Å². The summed E-state index contributed by atoms with van der Waals surface area (Å²) in [6.07, 6.45) is -4.83. The van der Waals surface area contributed by atoms with Crippen LogP contribution < -0.4 is 10.6 Å². The Morgan fingerprint density at radius 3 is 1.69 bits per heavy atom. The average Bonchev–Trinajstić information content (AvgIpc) is 2.53. The Balaban J connectivity index is 2.24. The number of carbonyl (C=O) groups excluding carboxylic acids is 1. The second-order valence-electron chi connectivity index (χ2n) is 5.10. The molecule has 0 unspecified atom stereocenters. The number of benzene rings is 2. The second-order valence-corrected chi connectivity index (χ2v) is 5.10. The van der Waals surface area contributed by atoms with Crippen LogP contribution in [0.1, 0.15) is 16.7 Å². The number of halogens is 6. The number of anilines is 2. The van der Waals surface area contributed by atoms with Crippen molar-refractivity contribution in [3.8, 4) is 12.3 Å². The Kier molecular flexibility index (Phi) is 5.16. The number of alkyl halides is 6. The number of nitrogens with one attached hydrogen (secondary N) is 2. The molecule has 9 heteroatoms. The molecule has 26 heavy (non-hydrogen) atoms. The zero-order valence-corrected chi connectivity index (χ0v) is 12.8. The van der Waals surface area contributed by atoms with Gasteiger partial charge in [0.1, 0.15) is 0 Å². The predicted molar refractivity (Wildman–Crippen MR) is 83.5 cm³/mol. The van der Waals surface area contributed by atoms with Gasteiger partial charge < -0.3 is 10.6 Å². The van der Waals surface area contributed by atoms with Crippen LogP contribution in [0.4, 0.5) is 42.5 Å². The first-order valence-electron chi connectivity index (χ1n) is 6.93. The monoisotopic (exact) mass is 372 g/mol. The minimum Gasteiger partial charge on any atom is -0.308 e. The van der Waals surface area contributed by atoms with Crippen molar-refractivity contribution in [2.24, 2.45) is 0 Å². The van der Waals surface area contributed by atoms with Crippen molar-refractivity contribution >= 4 is 17.4 Å². The summed E-state index contributed by atoms with van der Waals surface area (Å²) in [5.41, 5.74) is -2.92. The topological polar surface area (TPSA) is 41.1 Å². The number of amides is 2. The molecule has 0 spiro atoms. The van der Waals surface area contributed by atoms with Crippen molar-refractivity contribution in [2.75, 3.05) is 10.6 Å². The van der Waals surface area contributed by atoms with Crippen LogP contribution in [0.25, 0.3) is 0 Å². The van der Waals surface area contributed by atoms with E-state index in [0.29, 0.717) is 17.7 Å². The molecule has 0 aliphatic heterocycles. The van der Waals surface area contributed by atoms with E-state index in [4.69, 9.17) is 6.42 Å². The molecule has 0 saturated heterocycles. The van der Waals surface area contributed by atoms with Crippen molar-refractivity contribution in [1.29, 1.82) is 0 Å². The highest BCUT2D eigenvalue weighted by Crippen LogP contribution is 2.37. The standard InChI is InChI=1S/C17H10F6N2O/c1-2-10-3-5-13(6-4-10)24-15(26)25-14-8-11(16(18,19)20)7-12(9-14)17(21,22)23/h1,3-9H,(H2,24,25,26). The molecule has 0 aliphatic carbocycles. The van der Waals surface area contributed by atoms with Gasteiger partial charge in [-0.25, -0.2) is 4.79 Å². The first-order valence-corrected chi connectivity index (χ1v) is 6.93. The van der Waals surface area contributed by atoms with Gasteiger partial charge in [0.2, 0.25) is 0 Å². The molecule has 136 valence electrons. The highest BCUT2D eigenvalue weighted by molar-refractivity contribution is 5.99. The van der Waals surface area contributed by atoms with Gasteiger partial charge in [-0.05, 0) is 42.5 Å². The van der Waals surface area contributed by atoms with E-state index in [1.54, 1.807) is 0 Å². The molecule has 2 aromatic carbocycles. The summed E-state index contributed by atoms with van der Waals surface area (Å²) in [7, 11) is 0. The van der Waals surface area contributed by atoms with Gasteiger partial charge in [0.15, 0.2) is 0 Å². The average molecular weight is 372 g/mol. The van der Waals surface area contributed by atoms with Gasteiger partial charge in [-0.1, -0.05) is 5.92 Å². The fraction of sp³-hybridized carbons (Fsp3) is 0.118. The molecule has 3 nitrogen and oxygen atoms in total. The van der Waals surface area contributed by atoms with Crippen LogP contribution in [0.2, 0.25) is 0 Å². The molecule has 2 N–H and O–H groups in total. The van der Waals surface area contributed by atoms with Crippen LogP contribution in [0.5, 0.6) is 0 Å². The quantitative estimate of drug-likeness (QED) is 0.542. The Morgan fingerprint density at radius 1 is 0.808 bits per heavy atom. The van der Waals surface area contributed by atoms with E-state index in [1.807, 2.05) is 5.32 Å². The highest BCUT2D eigenvalue weighted by atomic mass is 19.4. The number of hydrogen-bond donors (Lipinski definition) is 2. The molecular weight excluding hydrogens is 362 g/mol. The molecule has 2 rings (SSSR count). The van der Waals surface area contributed by atoms with E-state index in [0.717, 1.165) is 0 Å². The largest absolute Gasteiger partial charge is 0.416 e. The molecule has 0 heterocycles. The van der Waals surface area contributed by atoms with Gasteiger partial charge in [-0.3, -0.25) is 0 Å². The van der Waals surface area contributed by atoms with Crippen molar-refractivity contribution in [3.63, 3.8) is 0 Å². The molecule has 0 bridgehead atoms. The normalized spacial score (nSPS) is 11.6. The van der Waals surface area contributed by atoms with E-state index >= 15 is 0 Å². The molecule has 0 saturated carbocycles. The molecular formula is C17H10F6N2O. The van der Waals surface area contributed by atoms with Gasteiger partial charge >= 0.3 is 18.4 Å². The van der Waals surface area contributed by atoms with Crippen molar-refractivity contribution < 1.29 is 31.1 Å². The lowest BCUT2D eigenvalue weighted by atomic mass is 10.1. The fourth-order valence-corrected chi connectivity index (χ4v) is 1.97. The van der Waals surface area contributed by atoms with Crippen LogP contribution >= 0.6 is 0 Å². The maximum atomic E-state index is 12.8. The Hall–Kier alpha value is -3.15. The number of carbonyl (C=O) groups is 1. The van der Waals surface area contributed by atoms with Crippen molar-refractivity contribution in [2.45, 2.75) is 12.4 Å². The van der Waals surface area contributed by atoms with Crippen molar-refractivity contribution in [1.82, 2.24) is 0 Å². The minimum absolute atomic E-state index is 0.0262. The fourth-order valence-electron chi connectivity index (χ4n) is 1.97. The predicted octanol–water partition coefficient (Wildman–Crippen LogP) is 5.35. The summed E-state index contributed by atoms with van der Waals surface area (Å²) in [5, 5.41) is 4.23. The maximum Gasteiger partial charge on any atom is 0.416 e. The lowest BCUT2D eigenvalue weighted by molar-refractivity contribution is -0.143. The Morgan fingerprint density at radius 2 is 1.27 bits per heavy atom. The molecule has 0 radical (unpaired) electrons. The zero-order valence-electron chi connectivity index (χ0n) is 12.8. The third-order valence-electron chi connectivity index (χ3n) is 3.15. The van der Waals surface area contributed by atoms with E-state index < -0.39 is 35.2 Å². The van der Waals surface area contributed by atoms with Crippen molar-refractivity contribution in [3.05, 3.63) is 59.2 Å². The summed E-state index contributed by atoms with van der Waals surface area (Å²) in [6.45, 7) is 0. The number of hydrogen-bond acceptors (Lipinski definition) is 1. The zero-order chi connectivity index (χ0) is 19.5. The minimum atomic E-state index is -5.00. The van der Waals surface area contributed by atoms with E-state index in [2.05, 4.69) is 11.2 Å². The van der Waals surface area contributed by atoms with Crippen LogP contribution in [0.3, 0.4) is 0 Å². The summed E-state index contributed by atoms with van der Waals surface area (Å²) < 4.78 is 76.7. The first kappa shape index (κ1) is 19.2. The summed E-state index contributed by atoms with van der Waals surface area (Å²) in [4.78, 5) is 11.8. The Labute approximate surface area is 144 Å².